The Balaban J connectivity index is 1.78. The molecule has 188 valence electrons. The van der Waals surface area contributed by atoms with E-state index in [-0.39, 0.29) is 29.3 Å². The fourth-order valence-electron chi connectivity index (χ4n) is 5.09. The summed E-state index contributed by atoms with van der Waals surface area (Å²) in [6.45, 7) is 8.30. The highest BCUT2D eigenvalue weighted by molar-refractivity contribution is 6.00. The second-order valence-electron chi connectivity index (χ2n) is 10.1. The lowest BCUT2D eigenvalue weighted by Crippen LogP contribution is -2.33. The van der Waals surface area contributed by atoms with E-state index >= 15 is 0 Å². The van der Waals surface area contributed by atoms with Gasteiger partial charge in [0.25, 0.3) is 0 Å². The van der Waals surface area contributed by atoms with Gasteiger partial charge in [-0.1, -0.05) is 32.0 Å². The summed E-state index contributed by atoms with van der Waals surface area (Å²) in [6.07, 6.45) is 0.969. The zero-order valence-electron chi connectivity index (χ0n) is 21.7. The van der Waals surface area contributed by atoms with E-state index in [0.717, 1.165) is 22.3 Å². The third-order valence-corrected chi connectivity index (χ3v) is 6.87. The number of methoxy groups -OCH3 is 2. The average Bonchev–Trinajstić information content (AvgIpc) is 2.81. The Kier molecular flexibility index (Phi) is 6.73. The second kappa shape index (κ2) is 9.62. The van der Waals surface area contributed by atoms with Crippen molar-refractivity contribution in [3.05, 3.63) is 75.4 Å². The molecule has 1 heterocycles. The fourth-order valence-corrected chi connectivity index (χ4v) is 5.09. The monoisotopic (exact) mass is 488 g/mol. The lowest BCUT2D eigenvalue weighted by Gasteiger charge is -2.37. The van der Waals surface area contributed by atoms with Gasteiger partial charge >= 0.3 is 0 Å². The number of aryl methyl sites for hydroxylation is 2. The van der Waals surface area contributed by atoms with Crippen molar-refractivity contribution in [1.29, 1.82) is 5.26 Å². The van der Waals surface area contributed by atoms with Crippen LogP contribution in [0.5, 0.6) is 17.2 Å². The van der Waals surface area contributed by atoms with E-state index in [1.807, 2.05) is 58.0 Å². The van der Waals surface area contributed by atoms with Gasteiger partial charge in [0.2, 0.25) is 11.6 Å². The summed E-state index contributed by atoms with van der Waals surface area (Å²) in [5.74, 6) is 1.67. The third kappa shape index (κ3) is 4.51. The molecule has 2 aromatic rings. The molecule has 0 aromatic heterocycles. The summed E-state index contributed by atoms with van der Waals surface area (Å²) in [7, 11) is 3.16. The van der Waals surface area contributed by atoms with Crippen molar-refractivity contribution in [3.8, 4) is 23.3 Å². The third-order valence-electron chi connectivity index (χ3n) is 6.87. The minimum absolute atomic E-state index is 0.0111. The van der Waals surface area contributed by atoms with E-state index in [9.17, 15) is 10.1 Å². The van der Waals surface area contributed by atoms with E-state index in [1.54, 1.807) is 14.2 Å². The van der Waals surface area contributed by atoms with E-state index < -0.39 is 5.92 Å². The number of hydrogen-bond donors (Lipinski definition) is 1. The van der Waals surface area contributed by atoms with Crippen molar-refractivity contribution < 1.29 is 23.7 Å². The molecule has 0 bridgehead atoms. The number of nitriles is 1. The van der Waals surface area contributed by atoms with Gasteiger partial charge in [0.15, 0.2) is 17.3 Å². The molecule has 2 N–H and O–H groups in total. The Hall–Kier alpha value is -3.92. The van der Waals surface area contributed by atoms with Gasteiger partial charge in [0, 0.05) is 18.4 Å². The first-order valence-corrected chi connectivity index (χ1v) is 11.9. The molecule has 1 aliphatic carbocycles. The zero-order chi connectivity index (χ0) is 26.2. The lowest BCUT2D eigenvalue weighted by atomic mass is 9.69. The largest absolute Gasteiger partial charge is 0.493 e. The first-order chi connectivity index (χ1) is 17.1. The molecule has 1 aliphatic heterocycles. The highest BCUT2D eigenvalue weighted by Gasteiger charge is 2.43. The summed E-state index contributed by atoms with van der Waals surface area (Å²) in [6, 6.07) is 11.7. The Morgan fingerprint density at radius 3 is 2.39 bits per heavy atom. The van der Waals surface area contributed by atoms with Gasteiger partial charge < -0.3 is 24.7 Å². The highest BCUT2D eigenvalue weighted by Crippen LogP contribution is 2.48. The van der Waals surface area contributed by atoms with Crippen LogP contribution in [-0.4, -0.2) is 20.0 Å². The van der Waals surface area contributed by atoms with Gasteiger partial charge in [-0.25, -0.2) is 0 Å². The number of allylic oxidation sites excluding steroid dienone is 3. The molecule has 2 aliphatic rings. The zero-order valence-corrected chi connectivity index (χ0v) is 21.7. The average molecular weight is 489 g/mol. The van der Waals surface area contributed by atoms with Crippen LogP contribution in [0.1, 0.15) is 54.9 Å². The second-order valence-corrected chi connectivity index (χ2v) is 10.1. The molecule has 0 spiro atoms. The summed E-state index contributed by atoms with van der Waals surface area (Å²) in [5, 5.41) is 10.0. The number of para-hydroxylation sites is 1. The summed E-state index contributed by atoms with van der Waals surface area (Å²) in [4.78, 5) is 13.3. The van der Waals surface area contributed by atoms with Crippen LogP contribution in [0.2, 0.25) is 0 Å². The Labute approximate surface area is 212 Å². The number of hydrogen-bond acceptors (Lipinski definition) is 7. The minimum atomic E-state index is -0.581. The summed E-state index contributed by atoms with van der Waals surface area (Å²) < 4.78 is 22.9. The number of carbonyl (C=O) groups is 1. The molecule has 36 heavy (non-hydrogen) atoms. The highest BCUT2D eigenvalue weighted by atomic mass is 16.5. The maximum absolute atomic E-state index is 13.3. The van der Waals surface area contributed by atoms with Crippen molar-refractivity contribution in [2.75, 3.05) is 14.2 Å². The Morgan fingerprint density at radius 1 is 1.11 bits per heavy atom. The number of benzene rings is 2. The van der Waals surface area contributed by atoms with Gasteiger partial charge in [-0.15, -0.1) is 0 Å². The van der Waals surface area contributed by atoms with Crippen LogP contribution >= 0.6 is 0 Å². The van der Waals surface area contributed by atoms with Gasteiger partial charge in [-0.05, 0) is 53.6 Å². The first-order valence-electron chi connectivity index (χ1n) is 11.9. The number of ether oxygens (including phenoxy) is 4. The standard InChI is InChI=1S/C29H32N2O5/c1-16-10-17(2)19(11-18(16)15-35-27-22(33-5)8-7-9-23(27)34-6)25-20(14-30)28(31)36-24-13-29(3,4)12-21(32)26(24)25/h7-11,25H,12-13,15,31H2,1-6H3/t25-/m1/s1. The molecule has 0 radical (unpaired) electrons. The first kappa shape index (κ1) is 25.2. The van der Waals surface area contributed by atoms with Gasteiger partial charge in [0.1, 0.15) is 24.0 Å². The normalized spacial score (nSPS) is 18.8. The SMILES string of the molecule is COc1cccc(OC)c1OCc1cc([C@@H]2C(C#N)=C(N)OC3=C2C(=O)CC(C)(C)C3)c(C)cc1C. The summed E-state index contributed by atoms with van der Waals surface area (Å²) >= 11 is 0. The van der Waals surface area contributed by atoms with Crippen molar-refractivity contribution >= 4 is 5.78 Å². The summed E-state index contributed by atoms with van der Waals surface area (Å²) in [5.41, 5.74) is 10.5. The molecule has 0 fully saturated rings. The van der Waals surface area contributed by atoms with Crippen LogP contribution in [-0.2, 0) is 16.1 Å². The van der Waals surface area contributed by atoms with Crippen molar-refractivity contribution in [2.45, 2.75) is 53.1 Å². The molecule has 7 heteroatoms. The van der Waals surface area contributed by atoms with Crippen LogP contribution in [0.15, 0.2) is 53.1 Å². The number of ketones is 1. The number of nitrogens with two attached hydrogens (primary N) is 1. The molecule has 7 nitrogen and oxygen atoms in total. The van der Waals surface area contributed by atoms with Crippen molar-refractivity contribution in [1.82, 2.24) is 0 Å². The molecule has 0 amide bonds. The molecule has 1 atom stereocenters. The molecular formula is C29H32N2O5. The van der Waals surface area contributed by atoms with Gasteiger partial charge in [-0.2, -0.15) is 5.26 Å². The lowest BCUT2D eigenvalue weighted by molar-refractivity contribution is -0.119. The van der Waals surface area contributed by atoms with Crippen molar-refractivity contribution in [3.63, 3.8) is 0 Å². The maximum atomic E-state index is 13.3. The predicted molar refractivity (Wildman–Crippen MR) is 135 cm³/mol. The number of rotatable bonds is 6. The van der Waals surface area contributed by atoms with Crippen LogP contribution in [0.25, 0.3) is 0 Å². The number of carbonyl (C=O) groups excluding carboxylic acids is 1. The number of nitrogens with zero attached hydrogens (tertiary/aromatic N) is 1. The van der Waals surface area contributed by atoms with Crippen LogP contribution in [0, 0.1) is 30.6 Å². The molecule has 0 unspecified atom stereocenters. The minimum Gasteiger partial charge on any atom is -0.493 e. The van der Waals surface area contributed by atoms with Crippen LogP contribution < -0.4 is 19.9 Å². The molecule has 0 saturated heterocycles. The van der Waals surface area contributed by atoms with E-state index in [2.05, 4.69) is 6.07 Å². The smallest absolute Gasteiger partial charge is 0.205 e. The Bertz CT molecular complexity index is 1310. The Morgan fingerprint density at radius 2 is 1.78 bits per heavy atom. The van der Waals surface area contributed by atoms with Gasteiger partial charge in [0.05, 0.1) is 20.1 Å². The molecule has 4 rings (SSSR count). The fraction of sp³-hybridized carbons (Fsp3) is 0.379. The number of Topliss-reactive ketones (excluding diaryl/α,β-unsaturated/α-hetero) is 1. The van der Waals surface area contributed by atoms with Crippen LogP contribution in [0.3, 0.4) is 0 Å². The molecular weight excluding hydrogens is 456 g/mol. The van der Waals surface area contributed by atoms with E-state index in [0.29, 0.717) is 41.4 Å². The van der Waals surface area contributed by atoms with E-state index in [4.69, 9.17) is 24.7 Å². The quantitative estimate of drug-likeness (QED) is 0.584. The maximum Gasteiger partial charge on any atom is 0.205 e. The molecule has 2 aromatic carbocycles. The predicted octanol–water partition coefficient (Wildman–Crippen LogP) is 5.35. The van der Waals surface area contributed by atoms with Crippen LogP contribution in [0.4, 0.5) is 0 Å². The van der Waals surface area contributed by atoms with Crippen molar-refractivity contribution in [2.24, 2.45) is 11.1 Å². The van der Waals surface area contributed by atoms with Gasteiger partial charge in [-0.3, -0.25) is 4.79 Å². The van der Waals surface area contributed by atoms with E-state index in [1.165, 1.54) is 0 Å². The topological polar surface area (TPSA) is 104 Å². The molecule has 0 saturated carbocycles.